The maximum absolute atomic E-state index is 12.9. The van der Waals surface area contributed by atoms with E-state index in [0.29, 0.717) is 18.1 Å². The van der Waals surface area contributed by atoms with Crippen LogP contribution >= 0.6 is 27.7 Å². The lowest BCUT2D eigenvalue weighted by atomic mass is 10.3. The van der Waals surface area contributed by atoms with Crippen molar-refractivity contribution < 1.29 is 14.2 Å². The van der Waals surface area contributed by atoms with Gasteiger partial charge in [-0.15, -0.1) is 0 Å². The van der Waals surface area contributed by atoms with Crippen molar-refractivity contribution in [3.05, 3.63) is 35.8 Å². The summed E-state index contributed by atoms with van der Waals surface area (Å²) in [6.07, 6.45) is 1.99. The summed E-state index contributed by atoms with van der Waals surface area (Å²) in [5.74, 6) is 2.74. The monoisotopic (exact) mass is 436 g/mol. The van der Waals surface area contributed by atoms with Crippen LogP contribution in [0.15, 0.2) is 33.9 Å². The fraction of sp³-hybridized carbons (Fsp3) is 0.357. The number of benzene rings is 1. The molecule has 0 fully saturated rings. The van der Waals surface area contributed by atoms with Gasteiger partial charge in [-0.2, -0.15) is 11.8 Å². The highest BCUT2D eigenvalue weighted by molar-refractivity contribution is 9.08. The number of nitrogens with two attached hydrogens (primary N) is 1. The average Bonchev–Trinajstić information content (AvgIpc) is 3.13. The lowest BCUT2D eigenvalue weighted by Crippen LogP contribution is -2.22. The second kappa shape index (κ2) is 14.6. The zero-order valence-electron chi connectivity index (χ0n) is 14.2. The number of aromatic nitrogens is 2. The SMILES string of the molecule is CBr.CN.CSCCNc1nonc1C(=Nc1ccc(F)cc1)NO. The Morgan fingerprint density at radius 2 is 1.96 bits per heavy atom. The normalized spacial score (nSPS) is 10.1. The highest BCUT2D eigenvalue weighted by Crippen LogP contribution is 2.16. The second-order valence-corrected chi connectivity index (χ2v) is 4.92. The summed E-state index contributed by atoms with van der Waals surface area (Å²) >= 11 is 4.61. The second-order valence-electron chi connectivity index (χ2n) is 3.93. The van der Waals surface area contributed by atoms with E-state index in [9.17, 15) is 9.60 Å². The lowest BCUT2D eigenvalue weighted by molar-refractivity contribution is 0.234. The number of halogens is 2. The molecule has 1 aromatic heterocycles. The summed E-state index contributed by atoms with van der Waals surface area (Å²) in [7, 11) is 1.50. The molecule has 0 atom stereocenters. The van der Waals surface area contributed by atoms with Gasteiger partial charge in [0, 0.05) is 12.3 Å². The maximum atomic E-state index is 12.9. The Bertz CT molecular complexity index is 612. The van der Waals surface area contributed by atoms with E-state index in [4.69, 9.17) is 0 Å². The summed E-state index contributed by atoms with van der Waals surface area (Å²) in [5, 5.41) is 19.6. The zero-order chi connectivity index (χ0) is 19.1. The van der Waals surface area contributed by atoms with Crippen molar-refractivity contribution in [3.63, 3.8) is 0 Å². The molecule has 1 aromatic carbocycles. The first-order valence-corrected chi connectivity index (χ1v) is 9.98. The fourth-order valence-corrected chi connectivity index (χ4v) is 1.81. The minimum absolute atomic E-state index is 0.0505. The summed E-state index contributed by atoms with van der Waals surface area (Å²) in [4.78, 5) is 4.13. The number of rotatable bonds is 6. The van der Waals surface area contributed by atoms with Crippen LogP contribution in [0.3, 0.4) is 0 Å². The van der Waals surface area contributed by atoms with E-state index >= 15 is 0 Å². The molecule has 2 aromatic rings. The number of amidine groups is 1. The smallest absolute Gasteiger partial charge is 0.202 e. The van der Waals surface area contributed by atoms with E-state index in [2.05, 4.69) is 46.9 Å². The van der Waals surface area contributed by atoms with Crippen LogP contribution in [-0.2, 0) is 0 Å². The minimum Gasteiger partial charge on any atom is -0.364 e. The summed E-state index contributed by atoms with van der Waals surface area (Å²) < 4.78 is 17.5. The Hall–Kier alpha value is -1.69. The van der Waals surface area contributed by atoms with E-state index in [1.807, 2.05) is 17.6 Å². The molecule has 0 aliphatic heterocycles. The van der Waals surface area contributed by atoms with Crippen LogP contribution < -0.4 is 16.5 Å². The molecule has 0 saturated carbocycles. The molecule has 1 heterocycles. The fourth-order valence-electron chi connectivity index (χ4n) is 1.51. The third-order valence-corrected chi connectivity index (χ3v) is 3.10. The number of hydrogen-bond acceptors (Lipinski definition) is 8. The van der Waals surface area contributed by atoms with Crippen molar-refractivity contribution >= 4 is 45.0 Å². The molecule has 140 valence electrons. The standard InChI is InChI=1S/C12H14FN5O2S.CH3Br.CH5N/c1-21-7-6-14-11-10(17-20-18-11)12(16-19)15-9-4-2-8(13)3-5-9;2*1-2/h2-5,19H,6-7H2,1H3,(H,14,18)(H,15,16);1H3;2H2,1H3. The van der Waals surface area contributed by atoms with Crippen LogP contribution in [0, 0.1) is 5.82 Å². The molecule has 0 radical (unpaired) electrons. The molecule has 0 aliphatic rings. The van der Waals surface area contributed by atoms with Crippen LogP contribution in [-0.4, -0.2) is 52.8 Å². The van der Waals surface area contributed by atoms with Gasteiger partial charge in [0.2, 0.25) is 5.82 Å². The summed E-state index contributed by atoms with van der Waals surface area (Å²) in [5.41, 5.74) is 7.14. The number of anilines is 1. The number of nitrogens with one attached hydrogen (secondary N) is 2. The maximum Gasteiger partial charge on any atom is 0.202 e. The van der Waals surface area contributed by atoms with E-state index in [1.54, 1.807) is 11.8 Å². The molecular formula is C14H22BrFN6O2S. The topological polar surface area (TPSA) is 122 Å². The first-order valence-electron chi connectivity index (χ1n) is 7.00. The number of hydrogen-bond donors (Lipinski definition) is 4. The van der Waals surface area contributed by atoms with Crippen molar-refractivity contribution in [1.82, 2.24) is 15.8 Å². The Kier molecular flexibility index (Phi) is 13.6. The molecule has 25 heavy (non-hydrogen) atoms. The van der Waals surface area contributed by atoms with E-state index in [1.165, 1.54) is 31.3 Å². The van der Waals surface area contributed by atoms with Crippen molar-refractivity contribution in [2.45, 2.75) is 0 Å². The molecule has 5 N–H and O–H groups in total. The van der Waals surface area contributed by atoms with Gasteiger partial charge in [-0.25, -0.2) is 14.0 Å². The summed E-state index contributed by atoms with van der Waals surface area (Å²) in [6, 6.07) is 5.49. The number of aliphatic imine (C=N–C) groups is 1. The Labute approximate surface area is 158 Å². The largest absolute Gasteiger partial charge is 0.364 e. The highest BCUT2D eigenvalue weighted by atomic mass is 79.9. The molecule has 0 spiro atoms. The Morgan fingerprint density at radius 3 is 2.52 bits per heavy atom. The van der Waals surface area contributed by atoms with Crippen LogP contribution in [0.4, 0.5) is 15.9 Å². The van der Waals surface area contributed by atoms with Crippen molar-refractivity contribution in [2.75, 3.05) is 36.8 Å². The molecule has 0 bridgehead atoms. The Balaban J connectivity index is 0.00000134. The molecule has 0 saturated heterocycles. The molecule has 2 rings (SSSR count). The van der Waals surface area contributed by atoms with Gasteiger partial charge in [-0.3, -0.25) is 10.7 Å². The van der Waals surface area contributed by atoms with Crippen LogP contribution in [0.2, 0.25) is 0 Å². The van der Waals surface area contributed by atoms with Gasteiger partial charge in [0.05, 0.1) is 5.69 Å². The van der Waals surface area contributed by atoms with Gasteiger partial charge in [-0.05, 0) is 53.7 Å². The predicted molar refractivity (Wildman–Crippen MR) is 104 cm³/mol. The van der Waals surface area contributed by atoms with E-state index in [0.717, 1.165) is 5.75 Å². The number of nitrogens with zero attached hydrogens (tertiary/aromatic N) is 3. The predicted octanol–water partition coefficient (Wildman–Crippen LogP) is 2.63. The molecule has 8 nitrogen and oxygen atoms in total. The number of hydroxylamine groups is 1. The lowest BCUT2D eigenvalue weighted by Gasteiger charge is -2.04. The van der Waals surface area contributed by atoms with Gasteiger partial charge >= 0.3 is 0 Å². The summed E-state index contributed by atoms with van der Waals surface area (Å²) in [6.45, 7) is 0.664. The van der Waals surface area contributed by atoms with Gasteiger partial charge in [0.15, 0.2) is 11.5 Å². The highest BCUT2D eigenvalue weighted by Gasteiger charge is 2.16. The van der Waals surface area contributed by atoms with Gasteiger partial charge < -0.3 is 11.1 Å². The van der Waals surface area contributed by atoms with Crippen molar-refractivity contribution in [3.8, 4) is 0 Å². The zero-order valence-corrected chi connectivity index (χ0v) is 16.6. The molecule has 0 amide bonds. The Morgan fingerprint density at radius 1 is 1.32 bits per heavy atom. The number of alkyl halides is 1. The molecule has 11 heteroatoms. The average molecular weight is 437 g/mol. The van der Waals surface area contributed by atoms with E-state index in [-0.39, 0.29) is 17.3 Å². The third kappa shape index (κ3) is 8.29. The van der Waals surface area contributed by atoms with Crippen molar-refractivity contribution in [2.24, 2.45) is 10.7 Å². The van der Waals surface area contributed by atoms with Crippen LogP contribution in [0.1, 0.15) is 5.69 Å². The van der Waals surface area contributed by atoms with Gasteiger partial charge in [0.1, 0.15) is 5.82 Å². The molecular weight excluding hydrogens is 415 g/mol. The third-order valence-electron chi connectivity index (χ3n) is 2.48. The minimum atomic E-state index is -0.366. The van der Waals surface area contributed by atoms with Crippen molar-refractivity contribution in [1.29, 1.82) is 0 Å². The number of thioether (sulfide) groups is 1. The van der Waals surface area contributed by atoms with Gasteiger partial charge in [-0.1, -0.05) is 15.9 Å². The van der Waals surface area contributed by atoms with Crippen LogP contribution in [0.25, 0.3) is 0 Å². The van der Waals surface area contributed by atoms with Gasteiger partial charge in [0.25, 0.3) is 0 Å². The quantitative estimate of drug-likeness (QED) is 0.179. The van der Waals surface area contributed by atoms with E-state index < -0.39 is 0 Å². The first kappa shape index (κ1) is 23.3. The molecule has 0 aliphatic carbocycles. The first-order chi connectivity index (χ1) is 12.2. The molecule has 0 unspecified atom stereocenters. The van der Waals surface area contributed by atoms with Crippen LogP contribution in [0.5, 0.6) is 0 Å².